The number of halogens is 2. The molecule has 0 aliphatic heterocycles. The maximum Gasteiger partial charge on any atom is 0.387 e. The highest BCUT2D eigenvalue weighted by Crippen LogP contribution is 2.21. The fraction of sp³-hybridized carbons (Fsp3) is 0.250. The van der Waals surface area contributed by atoms with Gasteiger partial charge in [0.25, 0.3) is 0 Å². The summed E-state index contributed by atoms with van der Waals surface area (Å²) in [5.41, 5.74) is 1.76. The lowest BCUT2D eigenvalue weighted by molar-refractivity contribution is -0.0498. The first-order chi connectivity index (χ1) is 10.1. The normalized spacial score (nSPS) is 12.4. The van der Waals surface area contributed by atoms with E-state index >= 15 is 0 Å². The Hall–Kier alpha value is -2.14. The lowest BCUT2D eigenvalue weighted by atomic mass is 10.1. The number of hydrogen-bond donors (Lipinski definition) is 2. The van der Waals surface area contributed by atoms with Crippen molar-refractivity contribution < 1.29 is 18.6 Å². The summed E-state index contributed by atoms with van der Waals surface area (Å²) in [6, 6.07) is 13.6. The minimum absolute atomic E-state index is 0.0187. The SMILES string of the molecule is CC(NCc1ccccc1O)c1ccc(OC(F)F)cc1. The minimum atomic E-state index is -2.81. The van der Waals surface area contributed by atoms with Crippen LogP contribution in [0.15, 0.2) is 48.5 Å². The molecule has 3 nitrogen and oxygen atoms in total. The number of phenols is 1. The molecule has 2 aromatic carbocycles. The molecule has 0 radical (unpaired) electrons. The third kappa shape index (κ3) is 4.43. The number of ether oxygens (including phenoxy) is 1. The van der Waals surface area contributed by atoms with Crippen molar-refractivity contribution in [3.05, 3.63) is 59.7 Å². The number of aromatic hydroxyl groups is 1. The molecule has 2 rings (SSSR count). The van der Waals surface area contributed by atoms with Crippen LogP contribution in [-0.4, -0.2) is 11.7 Å². The number of alkyl halides is 2. The summed E-state index contributed by atoms with van der Waals surface area (Å²) in [4.78, 5) is 0. The fourth-order valence-corrected chi connectivity index (χ4v) is 1.98. The van der Waals surface area contributed by atoms with Crippen molar-refractivity contribution in [3.63, 3.8) is 0 Å². The summed E-state index contributed by atoms with van der Waals surface area (Å²) in [7, 11) is 0. The maximum absolute atomic E-state index is 12.1. The van der Waals surface area contributed by atoms with Gasteiger partial charge in [-0.25, -0.2) is 0 Å². The zero-order valence-electron chi connectivity index (χ0n) is 11.6. The highest BCUT2D eigenvalue weighted by atomic mass is 19.3. The molecule has 0 amide bonds. The smallest absolute Gasteiger partial charge is 0.387 e. The summed E-state index contributed by atoms with van der Waals surface area (Å²) >= 11 is 0. The zero-order valence-corrected chi connectivity index (χ0v) is 11.6. The molecule has 112 valence electrons. The highest BCUT2D eigenvalue weighted by Gasteiger charge is 2.08. The van der Waals surface area contributed by atoms with Crippen LogP contribution in [0.4, 0.5) is 8.78 Å². The van der Waals surface area contributed by atoms with Gasteiger partial charge in [-0.05, 0) is 30.7 Å². The van der Waals surface area contributed by atoms with Crippen LogP contribution in [0.5, 0.6) is 11.5 Å². The first-order valence-corrected chi connectivity index (χ1v) is 6.61. The predicted molar refractivity (Wildman–Crippen MR) is 76.4 cm³/mol. The number of nitrogens with one attached hydrogen (secondary N) is 1. The molecule has 2 aromatic rings. The Morgan fingerprint density at radius 2 is 1.76 bits per heavy atom. The van der Waals surface area contributed by atoms with Crippen molar-refractivity contribution >= 4 is 0 Å². The fourth-order valence-electron chi connectivity index (χ4n) is 1.98. The third-order valence-electron chi connectivity index (χ3n) is 3.20. The van der Waals surface area contributed by atoms with Crippen molar-refractivity contribution in [2.24, 2.45) is 0 Å². The second kappa shape index (κ2) is 7.04. The molecule has 0 saturated heterocycles. The van der Waals surface area contributed by atoms with E-state index in [-0.39, 0.29) is 17.5 Å². The standard InChI is InChI=1S/C16H17F2NO2/c1-11(19-10-13-4-2-3-5-15(13)20)12-6-8-14(9-7-12)21-16(17)18/h2-9,11,16,19-20H,10H2,1H3. The Bertz CT molecular complexity index is 573. The van der Waals surface area contributed by atoms with Crippen LogP contribution in [0.1, 0.15) is 24.1 Å². The molecule has 0 saturated carbocycles. The lowest BCUT2D eigenvalue weighted by Crippen LogP contribution is -2.18. The first kappa shape index (κ1) is 15.3. The summed E-state index contributed by atoms with van der Waals surface area (Å²) in [6.07, 6.45) is 0. The molecule has 0 spiro atoms. The van der Waals surface area contributed by atoms with Gasteiger partial charge in [0.2, 0.25) is 0 Å². The summed E-state index contributed by atoms with van der Waals surface area (Å²) < 4.78 is 28.4. The van der Waals surface area contributed by atoms with Crippen LogP contribution < -0.4 is 10.1 Å². The molecular weight excluding hydrogens is 276 g/mol. The van der Waals surface area contributed by atoms with Gasteiger partial charge in [-0.2, -0.15) is 8.78 Å². The van der Waals surface area contributed by atoms with E-state index < -0.39 is 6.61 Å². The molecule has 0 aliphatic carbocycles. The molecule has 1 unspecified atom stereocenters. The summed E-state index contributed by atoms with van der Waals surface area (Å²) in [6.45, 7) is -0.334. The van der Waals surface area contributed by atoms with Gasteiger partial charge in [-0.1, -0.05) is 30.3 Å². The van der Waals surface area contributed by atoms with E-state index in [4.69, 9.17) is 0 Å². The Morgan fingerprint density at radius 3 is 2.38 bits per heavy atom. The maximum atomic E-state index is 12.1. The Labute approximate surface area is 122 Å². The van der Waals surface area contributed by atoms with E-state index in [1.54, 1.807) is 24.3 Å². The van der Waals surface area contributed by atoms with E-state index in [1.165, 1.54) is 12.1 Å². The molecule has 2 N–H and O–H groups in total. The summed E-state index contributed by atoms with van der Waals surface area (Å²) in [5, 5.41) is 13.0. The largest absolute Gasteiger partial charge is 0.508 e. The Balaban J connectivity index is 1.94. The zero-order chi connectivity index (χ0) is 15.2. The summed E-state index contributed by atoms with van der Waals surface area (Å²) in [5.74, 6) is 0.388. The van der Waals surface area contributed by atoms with Gasteiger partial charge in [0, 0.05) is 18.2 Å². The van der Waals surface area contributed by atoms with Gasteiger partial charge in [-0.3, -0.25) is 0 Å². The van der Waals surface area contributed by atoms with Crippen molar-refractivity contribution in [3.8, 4) is 11.5 Å². The molecule has 0 fully saturated rings. The third-order valence-corrected chi connectivity index (χ3v) is 3.20. The van der Waals surface area contributed by atoms with Crippen LogP contribution in [0.25, 0.3) is 0 Å². The van der Waals surface area contributed by atoms with Crippen LogP contribution in [0.3, 0.4) is 0 Å². The first-order valence-electron chi connectivity index (χ1n) is 6.61. The molecular formula is C16H17F2NO2. The van der Waals surface area contributed by atoms with E-state index in [9.17, 15) is 13.9 Å². The second-order valence-corrected chi connectivity index (χ2v) is 4.68. The van der Waals surface area contributed by atoms with Crippen LogP contribution in [0, 0.1) is 0 Å². The van der Waals surface area contributed by atoms with E-state index in [0.29, 0.717) is 6.54 Å². The topological polar surface area (TPSA) is 41.5 Å². The van der Waals surface area contributed by atoms with Crippen molar-refractivity contribution in [1.29, 1.82) is 0 Å². The monoisotopic (exact) mass is 293 g/mol. The Morgan fingerprint density at radius 1 is 1.10 bits per heavy atom. The molecule has 0 bridgehead atoms. The number of rotatable bonds is 6. The molecule has 0 aromatic heterocycles. The minimum Gasteiger partial charge on any atom is -0.508 e. The van der Waals surface area contributed by atoms with Gasteiger partial charge in [0.1, 0.15) is 11.5 Å². The molecule has 0 aliphatic rings. The van der Waals surface area contributed by atoms with Crippen molar-refractivity contribution in [1.82, 2.24) is 5.32 Å². The van der Waals surface area contributed by atoms with Gasteiger partial charge in [0.05, 0.1) is 0 Å². The van der Waals surface area contributed by atoms with Gasteiger partial charge in [-0.15, -0.1) is 0 Å². The molecule has 1 atom stereocenters. The van der Waals surface area contributed by atoms with Crippen LogP contribution >= 0.6 is 0 Å². The van der Waals surface area contributed by atoms with Crippen molar-refractivity contribution in [2.45, 2.75) is 26.1 Å². The van der Waals surface area contributed by atoms with Gasteiger partial charge in [0.15, 0.2) is 0 Å². The van der Waals surface area contributed by atoms with E-state index in [2.05, 4.69) is 10.1 Å². The lowest BCUT2D eigenvalue weighted by Gasteiger charge is -2.15. The quantitative estimate of drug-likeness (QED) is 0.850. The Kier molecular flexibility index (Phi) is 5.11. The van der Waals surface area contributed by atoms with E-state index in [1.807, 2.05) is 19.1 Å². The number of phenolic OH excluding ortho intramolecular Hbond substituents is 1. The van der Waals surface area contributed by atoms with Crippen molar-refractivity contribution in [2.75, 3.05) is 0 Å². The highest BCUT2D eigenvalue weighted by molar-refractivity contribution is 5.32. The average Bonchev–Trinajstić information content (AvgIpc) is 2.46. The number of para-hydroxylation sites is 1. The molecule has 21 heavy (non-hydrogen) atoms. The average molecular weight is 293 g/mol. The molecule has 5 heteroatoms. The number of hydrogen-bond acceptors (Lipinski definition) is 3. The van der Waals surface area contributed by atoms with Gasteiger partial charge < -0.3 is 15.2 Å². The predicted octanol–water partition coefficient (Wildman–Crippen LogP) is 3.84. The second-order valence-electron chi connectivity index (χ2n) is 4.68. The van der Waals surface area contributed by atoms with E-state index in [0.717, 1.165) is 11.1 Å². The van der Waals surface area contributed by atoms with Crippen LogP contribution in [-0.2, 0) is 6.54 Å². The number of benzene rings is 2. The van der Waals surface area contributed by atoms with Gasteiger partial charge >= 0.3 is 6.61 Å². The van der Waals surface area contributed by atoms with Crippen LogP contribution in [0.2, 0.25) is 0 Å². The molecule has 0 heterocycles.